The van der Waals surface area contributed by atoms with Crippen molar-refractivity contribution in [2.45, 2.75) is 12.8 Å². The van der Waals surface area contributed by atoms with Crippen molar-refractivity contribution in [3.63, 3.8) is 0 Å². The normalized spacial score (nSPS) is 8.57. The third-order valence-electron chi connectivity index (χ3n) is 0.667. The van der Waals surface area contributed by atoms with E-state index in [0.29, 0.717) is 12.8 Å². The van der Waals surface area contributed by atoms with Gasteiger partial charge in [0.1, 0.15) is 0 Å². The van der Waals surface area contributed by atoms with Crippen molar-refractivity contribution in [3.05, 3.63) is 20.8 Å². The van der Waals surface area contributed by atoms with Gasteiger partial charge in [-0.2, -0.15) is 5.92 Å². The molecule has 0 saturated carbocycles. The summed E-state index contributed by atoms with van der Waals surface area (Å²) in [5.74, 6) is 0.241. The Balaban J connectivity index is 0. The maximum absolute atomic E-state index is 5.14. The van der Waals surface area contributed by atoms with Gasteiger partial charge in [0.2, 0.25) is 0 Å². The van der Waals surface area contributed by atoms with Gasteiger partial charge in [0.05, 0.1) is 0 Å². The molecule has 7 heavy (non-hydrogen) atoms. The standard InChI is InChI=1S/C6H9.W/c1-4-6(3)5-2;/h1-2,6H,3-5H2;/q-1;. The van der Waals surface area contributed by atoms with Gasteiger partial charge in [-0.15, -0.1) is 0 Å². The van der Waals surface area contributed by atoms with E-state index >= 15 is 0 Å². The minimum absolute atomic E-state index is 0. The first-order valence-electron chi connectivity index (χ1n) is 2.04. The van der Waals surface area contributed by atoms with Gasteiger partial charge in [-0.3, -0.25) is 0 Å². The van der Waals surface area contributed by atoms with Gasteiger partial charge in [0, 0.05) is 21.1 Å². The molecule has 0 nitrogen and oxygen atoms in total. The summed E-state index contributed by atoms with van der Waals surface area (Å²) in [6.07, 6.45) is 1.19. The van der Waals surface area contributed by atoms with E-state index in [1.54, 1.807) is 0 Å². The van der Waals surface area contributed by atoms with E-state index in [9.17, 15) is 0 Å². The van der Waals surface area contributed by atoms with Crippen molar-refractivity contribution in [3.8, 4) is 0 Å². The molecule has 0 atom stereocenters. The van der Waals surface area contributed by atoms with Crippen molar-refractivity contribution in [1.29, 1.82) is 0 Å². The zero-order valence-electron chi connectivity index (χ0n) is 4.26. The van der Waals surface area contributed by atoms with Crippen molar-refractivity contribution in [2.75, 3.05) is 0 Å². The van der Waals surface area contributed by atoms with E-state index < -0.39 is 0 Å². The molecule has 0 saturated heterocycles. The maximum atomic E-state index is 5.14. The van der Waals surface area contributed by atoms with Crippen LogP contribution >= 0.6 is 0 Å². The molecule has 0 heterocycles. The van der Waals surface area contributed by atoms with Crippen molar-refractivity contribution >= 4 is 0 Å². The molecule has 0 aromatic heterocycles. The summed E-state index contributed by atoms with van der Waals surface area (Å²) in [7, 11) is 0. The van der Waals surface area contributed by atoms with Crippen LogP contribution in [0.3, 0.4) is 0 Å². The van der Waals surface area contributed by atoms with Crippen molar-refractivity contribution in [1.82, 2.24) is 0 Å². The number of hydrogen-bond donors (Lipinski definition) is 0. The first kappa shape index (κ1) is 10.6. The zero-order chi connectivity index (χ0) is 4.99. The molecule has 0 fully saturated rings. The summed E-state index contributed by atoms with van der Waals surface area (Å²) < 4.78 is 0. The molecule has 0 spiro atoms. The van der Waals surface area contributed by atoms with E-state index in [2.05, 4.69) is 6.92 Å². The third-order valence-corrected chi connectivity index (χ3v) is 0.667. The number of hydrogen-bond acceptors (Lipinski definition) is 0. The first-order valence-corrected chi connectivity index (χ1v) is 2.04. The largest absolute Gasteiger partial charge is 0.340 e. The van der Waals surface area contributed by atoms with Gasteiger partial charge in [-0.1, -0.05) is 12.8 Å². The molecule has 0 aromatic carbocycles. The molecule has 0 N–H and O–H groups in total. The molecule has 0 aliphatic rings. The van der Waals surface area contributed by atoms with Gasteiger partial charge in [-0.05, 0) is 13.8 Å². The summed E-state index contributed by atoms with van der Waals surface area (Å²) in [5, 5.41) is 0. The smallest absolute Gasteiger partial charge is 0 e. The quantitative estimate of drug-likeness (QED) is 0.666. The van der Waals surface area contributed by atoms with E-state index in [0.717, 1.165) is 0 Å². The Bertz CT molecular complexity index is 23.4. The van der Waals surface area contributed by atoms with Gasteiger partial charge >= 0.3 is 0 Å². The van der Waals surface area contributed by atoms with Crippen LogP contribution in [-0.2, 0) is 21.1 Å². The van der Waals surface area contributed by atoms with Gasteiger partial charge in [0.15, 0.2) is 0 Å². The fraction of sp³-hybridized carbons (Fsp3) is 0.500. The fourth-order valence-corrected chi connectivity index (χ4v) is 0.0962. The molecule has 4 radical (unpaired) electrons. The average Bonchev–Trinajstić information content (AvgIpc) is 1.65. The summed E-state index contributed by atoms with van der Waals surface area (Å²) in [6.45, 7) is 13.9. The summed E-state index contributed by atoms with van der Waals surface area (Å²) in [5.41, 5.74) is 0. The van der Waals surface area contributed by atoms with E-state index in [-0.39, 0.29) is 27.0 Å². The van der Waals surface area contributed by atoms with Crippen LogP contribution in [0.15, 0.2) is 0 Å². The molecule has 0 unspecified atom stereocenters. The molecule has 0 aromatic rings. The Morgan fingerprint density at radius 1 is 1.29 bits per heavy atom. The molecule has 40 valence electrons. The Kier molecular flexibility index (Phi) is 10.2. The van der Waals surface area contributed by atoms with Crippen LogP contribution in [-0.4, -0.2) is 0 Å². The van der Waals surface area contributed by atoms with Crippen LogP contribution < -0.4 is 0 Å². The summed E-state index contributed by atoms with van der Waals surface area (Å²) in [6, 6.07) is 0. The van der Waals surface area contributed by atoms with E-state index in [1.807, 2.05) is 0 Å². The SMILES string of the molecule is [CH]CC([CH2-])C[CH].[W]. The van der Waals surface area contributed by atoms with Gasteiger partial charge in [-0.25, -0.2) is 0 Å². The molecule has 1 heteroatoms. The first-order chi connectivity index (χ1) is 2.81. The second-order valence-corrected chi connectivity index (χ2v) is 1.34. The predicted octanol–water partition coefficient (Wildman–Crippen LogP) is 1.64. The molecule has 0 rings (SSSR count). The van der Waals surface area contributed by atoms with E-state index in [1.165, 1.54) is 0 Å². The maximum Gasteiger partial charge on any atom is 0 e. The van der Waals surface area contributed by atoms with Crippen molar-refractivity contribution < 1.29 is 21.1 Å². The third kappa shape index (κ3) is 6.69. The second kappa shape index (κ2) is 6.69. The Hall–Kier alpha value is 0.688. The second-order valence-electron chi connectivity index (χ2n) is 1.34. The van der Waals surface area contributed by atoms with Crippen LogP contribution in [0, 0.1) is 26.7 Å². The Morgan fingerprint density at radius 2 is 1.57 bits per heavy atom. The Morgan fingerprint density at radius 3 is 1.57 bits per heavy atom. The summed E-state index contributed by atoms with van der Waals surface area (Å²) >= 11 is 0. The van der Waals surface area contributed by atoms with Crippen LogP contribution in [0.1, 0.15) is 12.8 Å². The van der Waals surface area contributed by atoms with Crippen LogP contribution in [0.5, 0.6) is 0 Å². The van der Waals surface area contributed by atoms with Crippen LogP contribution in [0.2, 0.25) is 0 Å². The zero-order valence-corrected chi connectivity index (χ0v) is 7.20. The van der Waals surface area contributed by atoms with Crippen LogP contribution in [0.4, 0.5) is 0 Å². The van der Waals surface area contributed by atoms with Crippen LogP contribution in [0.25, 0.3) is 0 Å². The fourth-order valence-electron chi connectivity index (χ4n) is 0.0962. The van der Waals surface area contributed by atoms with E-state index in [4.69, 9.17) is 13.8 Å². The topological polar surface area (TPSA) is 0 Å². The minimum atomic E-state index is 0. The Labute approximate surface area is 61.0 Å². The molecule has 0 aliphatic carbocycles. The molecular weight excluding hydrogens is 256 g/mol. The minimum Gasteiger partial charge on any atom is -0.340 e. The van der Waals surface area contributed by atoms with Gasteiger partial charge < -0.3 is 6.92 Å². The van der Waals surface area contributed by atoms with Crippen molar-refractivity contribution in [2.24, 2.45) is 5.92 Å². The molecule has 0 amide bonds. The molecule has 0 bridgehead atoms. The predicted molar refractivity (Wildman–Crippen MR) is 26.7 cm³/mol. The summed E-state index contributed by atoms with van der Waals surface area (Å²) in [4.78, 5) is 0. The molecule has 0 aliphatic heterocycles. The molecular formula is C6H9W-. The average molecular weight is 265 g/mol. The monoisotopic (exact) mass is 265 g/mol. The van der Waals surface area contributed by atoms with Gasteiger partial charge in [0.25, 0.3) is 0 Å². The number of rotatable bonds is 2.